The van der Waals surface area contributed by atoms with Gasteiger partial charge in [-0.25, -0.2) is 8.91 Å². The van der Waals surface area contributed by atoms with E-state index in [0.29, 0.717) is 36.7 Å². The van der Waals surface area contributed by atoms with Gasteiger partial charge in [-0.15, -0.1) is 0 Å². The van der Waals surface area contributed by atoms with Gasteiger partial charge in [-0.1, -0.05) is 0 Å². The second-order valence-corrected chi connectivity index (χ2v) is 7.08. The standard InChI is InChI=1S/C19H22FN7O/c1-11(2)22-18-24-17(14-4-3-5-15(28)16(14)20)25-19(26-18)23-12-7-9-27-13(10-12)6-8-21-27/h6-11,15,28H,3-5H2,1-2H3,(H2,22,23,24,25,26). The van der Waals surface area contributed by atoms with Crippen LogP contribution in [0.2, 0.25) is 0 Å². The zero-order valence-corrected chi connectivity index (χ0v) is 15.7. The molecule has 146 valence electrons. The van der Waals surface area contributed by atoms with Gasteiger partial charge in [-0.3, -0.25) is 0 Å². The molecule has 28 heavy (non-hydrogen) atoms. The third kappa shape index (κ3) is 3.79. The number of nitrogens with one attached hydrogen (secondary N) is 2. The SMILES string of the molecule is CC(C)Nc1nc(Nc2ccn3nccc3c2)nc(C2=C(F)C(O)CCC2)n1. The lowest BCUT2D eigenvalue weighted by molar-refractivity contribution is 0.165. The molecule has 3 heterocycles. The monoisotopic (exact) mass is 383 g/mol. The van der Waals surface area contributed by atoms with Gasteiger partial charge in [0.05, 0.1) is 5.52 Å². The Balaban J connectivity index is 1.72. The summed E-state index contributed by atoms with van der Waals surface area (Å²) in [4.78, 5) is 13.2. The van der Waals surface area contributed by atoms with E-state index in [1.54, 1.807) is 10.7 Å². The van der Waals surface area contributed by atoms with Gasteiger partial charge in [0, 0.05) is 29.7 Å². The third-order valence-electron chi connectivity index (χ3n) is 4.46. The Morgan fingerprint density at radius 2 is 2.04 bits per heavy atom. The molecular weight excluding hydrogens is 361 g/mol. The second kappa shape index (κ2) is 7.51. The summed E-state index contributed by atoms with van der Waals surface area (Å²) in [7, 11) is 0. The van der Waals surface area contributed by atoms with Crippen LogP contribution in [0.4, 0.5) is 22.0 Å². The zero-order valence-electron chi connectivity index (χ0n) is 15.7. The first-order chi connectivity index (χ1) is 13.5. The van der Waals surface area contributed by atoms with E-state index in [1.807, 2.05) is 38.2 Å². The number of hydrogen-bond donors (Lipinski definition) is 3. The van der Waals surface area contributed by atoms with Crippen molar-refractivity contribution in [2.45, 2.75) is 45.3 Å². The van der Waals surface area contributed by atoms with Crippen LogP contribution in [0.1, 0.15) is 38.9 Å². The van der Waals surface area contributed by atoms with Crippen LogP contribution in [-0.2, 0) is 0 Å². The molecule has 4 rings (SSSR count). The Kier molecular flexibility index (Phi) is 4.91. The van der Waals surface area contributed by atoms with Crippen LogP contribution < -0.4 is 10.6 Å². The van der Waals surface area contributed by atoms with Gasteiger partial charge in [0.1, 0.15) is 11.9 Å². The third-order valence-corrected chi connectivity index (χ3v) is 4.46. The number of halogens is 1. The van der Waals surface area contributed by atoms with Crippen LogP contribution in [0.5, 0.6) is 0 Å². The predicted molar refractivity (Wildman–Crippen MR) is 105 cm³/mol. The molecule has 1 aliphatic rings. The largest absolute Gasteiger partial charge is 0.386 e. The molecule has 8 nitrogen and oxygen atoms in total. The first-order valence-electron chi connectivity index (χ1n) is 9.29. The van der Waals surface area contributed by atoms with Crippen molar-refractivity contribution in [2.75, 3.05) is 10.6 Å². The molecule has 1 atom stereocenters. The van der Waals surface area contributed by atoms with Gasteiger partial charge in [0.2, 0.25) is 11.9 Å². The van der Waals surface area contributed by atoms with Gasteiger partial charge < -0.3 is 15.7 Å². The van der Waals surface area contributed by atoms with Crippen LogP contribution in [0.3, 0.4) is 0 Å². The Bertz CT molecular complexity index is 1030. The lowest BCUT2D eigenvalue weighted by atomic mass is 9.96. The predicted octanol–water partition coefficient (Wildman–Crippen LogP) is 3.31. The summed E-state index contributed by atoms with van der Waals surface area (Å²) in [6.07, 6.45) is 4.02. The number of pyridine rings is 1. The van der Waals surface area contributed by atoms with Crippen molar-refractivity contribution in [3.05, 3.63) is 42.2 Å². The van der Waals surface area contributed by atoms with Crippen molar-refractivity contribution in [1.29, 1.82) is 0 Å². The lowest BCUT2D eigenvalue weighted by Gasteiger charge is -2.20. The summed E-state index contributed by atoms with van der Waals surface area (Å²) in [6, 6.07) is 5.75. The van der Waals surface area contributed by atoms with E-state index < -0.39 is 11.9 Å². The summed E-state index contributed by atoms with van der Waals surface area (Å²) in [5, 5.41) is 20.3. The number of nitrogens with zero attached hydrogens (tertiary/aromatic N) is 5. The Morgan fingerprint density at radius 3 is 2.86 bits per heavy atom. The van der Waals surface area contributed by atoms with Crippen LogP contribution in [-0.4, -0.2) is 41.8 Å². The second-order valence-electron chi connectivity index (χ2n) is 7.08. The lowest BCUT2D eigenvalue weighted by Crippen LogP contribution is -2.18. The van der Waals surface area contributed by atoms with E-state index in [1.165, 1.54) is 0 Å². The van der Waals surface area contributed by atoms with Crippen LogP contribution in [0.25, 0.3) is 11.1 Å². The molecule has 0 fully saturated rings. The number of fused-ring (bicyclic) bond motifs is 1. The minimum atomic E-state index is -1.09. The fourth-order valence-electron chi connectivity index (χ4n) is 3.16. The summed E-state index contributed by atoms with van der Waals surface area (Å²) < 4.78 is 16.2. The molecule has 1 aliphatic carbocycles. The normalized spacial score (nSPS) is 17.4. The molecule has 0 amide bonds. The van der Waals surface area contributed by atoms with Crippen molar-refractivity contribution in [3.8, 4) is 0 Å². The molecule has 9 heteroatoms. The molecule has 0 aliphatic heterocycles. The Morgan fingerprint density at radius 1 is 1.21 bits per heavy atom. The molecule has 0 bridgehead atoms. The number of hydrogen-bond acceptors (Lipinski definition) is 7. The molecular formula is C19H22FN7O. The molecule has 0 saturated carbocycles. The molecule has 0 aromatic carbocycles. The maximum absolute atomic E-state index is 14.5. The van der Waals surface area contributed by atoms with Gasteiger partial charge in [0.25, 0.3) is 0 Å². The van der Waals surface area contributed by atoms with E-state index in [-0.39, 0.29) is 11.9 Å². The van der Waals surface area contributed by atoms with Crippen LogP contribution >= 0.6 is 0 Å². The average Bonchev–Trinajstić information content (AvgIpc) is 3.11. The fourth-order valence-corrected chi connectivity index (χ4v) is 3.16. The first-order valence-corrected chi connectivity index (χ1v) is 9.29. The maximum Gasteiger partial charge on any atom is 0.232 e. The first kappa shape index (κ1) is 18.3. The molecule has 3 aromatic heterocycles. The topological polar surface area (TPSA) is 100 Å². The van der Waals surface area contributed by atoms with Gasteiger partial charge in [0.15, 0.2) is 5.82 Å². The summed E-state index contributed by atoms with van der Waals surface area (Å²) in [5.74, 6) is 0.340. The molecule has 3 N–H and O–H groups in total. The summed E-state index contributed by atoms with van der Waals surface area (Å²) >= 11 is 0. The Hall–Kier alpha value is -3.07. The molecule has 0 radical (unpaired) electrons. The minimum absolute atomic E-state index is 0.0991. The number of aliphatic hydroxyl groups is 1. The van der Waals surface area contributed by atoms with Crippen molar-refractivity contribution >= 4 is 28.7 Å². The fraction of sp³-hybridized carbons (Fsp3) is 0.368. The van der Waals surface area contributed by atoms with Crippen LogP contribution in [0.15, 0.2) is 36.4 Å². The number of allylic oxidation sites excluding steroid dienone is 1. The van der Waals surface area contributed by atoms with Gasteiger partial charge in [-0.05, 0) is 51.3 Å². The molecule has 0 saturated heterocycles. The number of rotatable bonds is 5. The van der Waals surface area contributed by atoms with E-state index in [2.05, 4.69) is 30.7 Å². The van der Waals surface area contributed by atoms with Crippen molar-refractivity contribution < 1.29 is 9.50 Å². The highest BCUT2D eigenvalue weighted by Crippen LogP contribution is 2.32. The number of anilines is 3. The average molecular weight is 383 g/mol. The van der Waals surface area contributed by atoms with E-state index in [0.717, 1.165) is 11.2 Å². The van der Waals surface area contributed by atoms with E-state index in [4.69, 9.17) is 0 Å². The number of aromatic nitrogens is 5. The van der Waals surface area contributed by atoms with Crippen molar-refractivity contribution in [3.63, 3.8) is 0 Å². The molecule has 1 unspecified atom stereocenters. The highest BCUT2D eigenvalue weighted by molar-refractivity contribution is 5.67. The zero-order chi connectivity index (χ0) is 19.7. The highest BCUT2D eigenvalue weighted by Gasteiger charge is 2.25. The minimum Gasteiger partial charge on any atom is -0.386 e. The van der Waals surface area contributed by atoms with E-state index >= 15 is 0 Å². The summed E-state index contributed by atoms with van der Waals surface area (Å²) in [6.45, 7) is 3.93. The van der Waals surface area contributed by atoms with E-state index in [9.17, 15) is 9.50 Å². The number of aliphatic hydroxyl groups excluding tert-OH is 1. The van der Waals surface area contributed by atoms with Crippen molar-refractivity contribution in [1.82, 2.24) is 24.6 Å². The van der Waals surface area contributed by atoms with Crippen molar-refractivity contribution in [2.24, 2.45) is 0 Å². The Labute approximate surface area is 161 Å². The van der Waals surface area contributed by atoms with Gasteiger partial charge >= 0.3 is 0 Å². The highest BCUT2D eigenvalue weighted by atomic mass is 19.1. The van der Waals surface area contributed by atoms with Gasteiger partial charge in [-0.2, -0.15) is 20.1 Å². The quantitative estimate of drug-likeness (QED) is 0.621. The molecule has 0 spiro atoms. The summed E-state index contributed by atoms with van der Waals surface area (Å²) in [5.41, 5.74) is 2.03. The van der Waals surface area contributed by atoms with Crippen LogP contribution in [0, 0.1) is 0 Å². The maximum atomic E-state index is 14.5. The molecule has 3 aromatic rings. The smallest absolute Gasteiger partial charge is 0.232 e.